The maximum absolute atomic E-state index is 11.8. The van der Waals surface area contributed by atoms with E-state index in [0.29, 0.717) is 16.2 Å². The van der Waals surface area contributed by atoms with E-state index in [1.165, 1.54) is 0 Å². The largest absolute Gasteiger partial charge is 0.305 e. The van der Waals surface area contributed by atoms with Crippen LogP contribution in [0.2, 0.25) is 0 Å². The SMILES string of the molecule is O=c1[nH]c(-c2cccnc2)nc(C2CC2)c1Br. The van der Waals surface area contributed by atoms with Crippen LogP contribution in [0.25, 0.3) is 11.4 Å². The molecule has 1 saturated carbocycles. The van der Waals surface area contributed by atoms with E-state index in [0.717, 1.165) is 24.1 Å². The summed E-state index contributed by atoms with van der Waals surface area (Å²) in [5, 5.41) is 0. The molecule has 0 spiro atoms. The lowest BCUT2D eigenvalue weighted by Gasteiger charge is -2.05. The minimum atomic E-state index is -0.124. The van der Waals surface area contributed by atoms with Crippen molar-refractivity contribution in [3.63, 3.8) is 0 Å². The Morgan fingerprint density at radius 3 is 2.88 bits per heavy atom. The number of aromatic nitrogens is 3. The minimum absolute atomic E-state index is 0.124. The van der Waals surface area contributed by atoms with E-state index in [9.17, 15) is 4.79 Å². The molecule has 1 N–H and O–H groups in total. The van der Waals surface area contributed by atoms with Gasteiger partial charge in [0.1, 0.15) is 10.3 Å². The predicted octanol–water partition coefficient (Wildman–Crippen LogP) is 2.47. The van der Waals surface area contributed by atoms with E-state index in [1.54, 1.807) is 12.4 Å². The van der Waals surface area contributed by atoms with Crippen LogP contribution in [-0.4, -0.2) is 15.0 Å². The highest BCUT2D eigenvalue weighted by molar-refractivity contribution is 9.10. The molecule has 86 valence electrons. The fourth-order valence-electron chi connectivity index (χ4n) is 1.74. The summed E-state index contributed by atoms with van der Waals surface area (Å²) in [5.41, 5.74) is 1.58. The van der Waals surface area contributed by atoms with Crippen molar-refractivity contribution in [2.45, 2.75) is 18.8 Å². The summed E-state index contributed by atoms with van der Waals surface area (Å²) < 4.78 is 0.563. The second-order valence-electron chi connectivity index (χ2n) is 4.13. The highest BCUT2D eigenvalue weighted by Gasteiger charge is 2.29. The van der Waals surface area contributed by atoms with Crippen molar-refractivity contribution in [1.29, 1.82) is 0 Å². The Kier molecular flexibility index (Phi) is 2.55. The van der Waals surface area contributed by atoms with Crippen LogP contribution in [0.1, 0.15) is 24.5 Å². The molecule has 17 heavy (non-hydrogen) atoms. The lowest BCUT2D eigenvalue weighted by Crippen LogP contribution is -2.13. The third-order valence-electron chi connectivity index (χ3n) is 2.79. The Hall–Kier alpha value is -1.49. The van der Waals surface area contributed by atoms with Crippen molar-refractivity contribution in [1.82, 2.24) is 15.0 Å². The second kappa shape index (κ2) is 4.07. The molecule has 0 aliphatic heterocycles. The number of pyridine rings is 1. The number of rotatable bonds is 2. The molecule has 4 nitrogen and oxygen atoms in total. The summed E-state index contributed by atoms with van der Waals surface area (Å²) in [6, 6.07) is 3.71. The molecule has 0 amide bonds. The van der Waals surface area contributed by atoms with Crippen LogP contribution in [-0.2, 0) is 0 Å². The van der Waals surface area contributed by atoms with Crippen molar-refractivity contribution in [2.24, 2.45) is 0 Å². The van der Waals surface area contributed by atoms with Crippen LogP contribution in [0, 0.1) is 0 Å². The lowest BCUT2D eigenvalue weighted by atomic mass is 10.2. The molecule has 1 aliphatic rings. The molecule has 3 rings (SSSR count). The third-order valence-corrected chi connectivity index (χ3v) is 3.55. The summed E-state index contributed by atoms with van der Waals surface area (Å²) in [6.07, 6.45) is 5.62. The zero-order chi connectivity index (χ0) is 11.8. The van der Waals surface area contributed by atoms with Crippen LogP contribution in [0.5, 0.6) is 0 Å². The van der Waals surface area contributed by atoms with Crippen LogP contribution in [0.3, 0.4) is 0 Å². The standard InChI is InChI=1S/C12H10BrN3O/c13-9-10(7-3-4-7)15-11(16-12(9)17)8-2-1-5-14-6-8/h1-2,5-7H,3-4H2,(H,15,16,17). The number of nitrogens with one attached hydrogen (secondary N) is 1. The third kappa shape index (κ3) is 2.02. The summed E-state index contributed by atoms with van der Waals surface area (Å²) in [5.74, 6) is 1.02. The van der Waals surface area contributed by atoms with Gasteiger partial charge in [0.25, 0.3) is 5.56 Å². The van der Waals surface area contributed by atoms with Gasteiger partial charge in [-0.25, -0.2) is 4.98 Å². The molecule has 0 saturated heterocycles. The Morgan fingerprint density at radius 1 is 1.41 bits per heavy atom. The van der Waals surface area contributed by atoms with Crippen molar-refractivity contribution < 1.29 is 0 Å². The molecule has 0 radical (unpaired) electrons. The summed E-state index contributed by atoms with van der Waals surface area (Å²) in [4.78, 5) is 23.1. The van der Waals surface area contributed by atoms with E-state index < -0.39 is 0 Å². The highest BCUT2D eigenvalue weighted by atomic mass is 79.9. The molecule has 1 aliphatic carbocycles. The number of nitrogens with zero attached hydrogens (tertiary/aromatic N) is 2. The average molecular weight is 292 g/mol. The summed E-state index contributed by atoms with van der Waals surface area (Å²) in [6.45, 7) is 0. The van der Waals surface area contributed by atoms with E-state index >= 15 is 0 Å². The number of aromatic amines is 1. The highest BCUT2D eigenvalue weighted by Crippen LogP contribution is 2.41. The fraction of sp³-hybridized carbons (Fsp3) is 0.250. The molecule has 0 atom stereocenters. The van der Waals surface area contributed by atoms with E-state index in [2.05, 4.69) is 30.9 Å². The average Bonchev–Trinajstić information content (AvgIpc) is 3.18. The van der Waals surface area contributed by atoms with Gasteiger partial charge in [0.05, 0.1) is 5.69 Å². The predicted molar refractivity (Wildman–Crippen MR) is 67.8 cm³/mol. The van der Waals surface area contributed by atoms with Gasteiger partial charge in [0, 0.05) is 23.9 Å². The van der Waals surface area contributed by atoms with Crippen LogP contribution >= 0.6 is 15.9 Å². The van der Waals surface area contributed by atoms with Gasteiger partial charge in [-0.2, -0.15) is 0 Å². The molecular weight excluding hydrogens is 282 g/mol. The van der Waals surface area contributed by atoms with E-state index in [4.69, 9.17) is 0 Å². The van der Waals surface area contributed by atoms with E-state index in [-0.39, 0.29) is 5.56 Å². The molecule has 2 aromatic rings. The van der Waals surface area contributed by atoms with Gasteiger partial charge < -0.3 is 4.98 Å². The Bertz CT molecular complexity index is 605. The number of halogens is 1. The fourth-order valence-corrected chi connectivity index (χ4v) is 2.25. The maximum atomic E-state index is 11.8. The van der Waals surface area contributed by atoms with Crippen molar-refractivity contribution >= 4 is 15.9 Å². The second-order valence-corrected chi connectivity index (χ2v) is 4.92. The Morgan fingerprint density at radius 2 is 2.24 bits per heavy atom. The molecule has 5 heteroatoms. The Labute approximate surface area is 106 Å². The molecule has 0 bridgehead atoms. The molecule has 2 aromatic heterocycles. The monoisotopic (exact) mass is 291 g/mol. The van der Waals surface area contributed by atoms with Gasteiger partial charge >= 0.3 is 0 Å². The van der Waals surface area contributed by atoms with Gasteiger partial charge in [0.2, 0.25) is 0 Å². The zero-order valence-corrected chi connectivity index (χ0v) is 10.6. The molecule has 0 aromatic carbocycles. The first kappa shape index (κ1) is 10.7. The van der Waals surface area contributed by atoms with Crippen LogP contribution in [0.15, 0.2) is 33.8 Å². The van der Waals surface area contributed by atoms with Crippen LogP contribution in [0.4, 0.5) is 0 Å². The minimum Gasteiger partial charge on any atom is -0.305 e. The Balaban J connectivity index is 2.15. The smallest absolute Gasteiger partial charge is 0.265 e. The van der Waals surface area contributed by atoms with Gasteiger partial charge in [0.15, 0.2) is 0 Å². The lowest BCUT2D eigenvalue weighted by molar-refractivity contribution is 0.959. The summed E-state index contributed by atoms with van der Waals surface area (Å²) >= 11 is 3.31. The van der Waals surface area contributed by atoms with Crippen molar-refractivity contribution in [2.75, 3.05) is 0 Å². The van der Waals surface area contributed by atoms with Crippen molar-refractivity contribution in [3.8, 4) is 11.4 Å². The van der Waals surface area contributed by atoms with Gasteiger partial charge in [-0.15, -0.1) is 0 Å². The molecule has 1 fully saturated rings. The maximum Gasteiger partial charge on any atom is 0.265 e. The number of hydrogen-bond acceptors (Lipinski definition) is 3. The topological polar surface area (TPSA) is 58.6 Å². The van der Waals surface area contributed by atoms with E-state index in [1.807, 2.05) is 12.1 Å². The first-order chi connectivity index (χ1) is 8.25. The summed E-state index contributed by atoms with van der Waals surface area (Å²) in [7, 11) is 0. The van der Waals surface area contributed by atoms with Gasteiger partial charge in [-0.05, 0) is 40.9 Å². The molecule has 0 unspecified atom stereocenters. The quantitative estimate of drug-likeness (QED) is 0.925. The zero-order valence-electron chi connectivity index (χ0n) is 8.98. The van der Waals surface area contributed by atoms with Gasteiger partial charge in [-0.3, -0.25) is 9.78 Å². The van der Waals surface area contributed by atoms with Gasteiger partial charge in [-0.1, -0.05) is 0 Å². The van der Waals surface area contributed by atoms with Crippen molar-refractivity contribution in [3.05, 3.63) is 45.0 Å². The number of hydrogen-bond donors (Lipinski definition) is 1. The first-order valence-corrected chi connectivity index (χ1v) is 6.25. The normalized spacial score (nSPS) is 14.9. The first-order valence-electron chi connectivity index (χ1n) is 5.46. The molecule has 2 heterocycles. The number of H-pyrrole nitrogens is 1. The molecular formula is C12H10BrN3O. The van der Waals surface area contributed by atoms with Crippen LogP contribution < -0.4 is 5.56 Å².